The number of rotatable bonds is 4. The van der Waals surface area contributed by atoms with Gasteiger partial charge >= 0.3 is 0 Å². The largest absolute Gasteiger partial charge is 0.378 e. The first-order chi connectivity index (χ1) is 12.4. The number of hydrogen-bond acceptors (Lipinski definition) is 10. The summed E-state index contributed by atoms with van der Waals surface area (Å²) in [4.78, 5) is 2.18. The van der Waals surface area contributed by atoms with E-state index in [1.165, 1.54) is 6.20 Å². The molecular formula is C14H13N9O2. The van der Waals surface area contributed by atoms with Gasteiger partial charge in [-0.1, -0.05) is 0 Å². The molecule has 2 N–H and O–H groups in total. The van der Waals surface area contributed by atoms with Gasteiger partial charge in [0.05, 0.1) is 24.6 Å². The number of nitriles is 1. The second-order valence-corrected chi connectivity index (χ2v) is 5.24. The van der Waals surface area contributed by atoms with E-state index >= 15 is 0 Å². The molecule has 0 amide bonds. The number of ether oxygens (including phenoxy) is 1. The summed E-state index contributed by atoms with van der Waals surface area (Å²) in [5.74, 6) is 0.203. The van der Waals surface area contributed by atoms with Crippen LogP contribution in [0.2, 0.25) is 0 Å². The molecule has 0 aliphatic carbocycles. The number of benzene rings is 1. The maximum Gasteiger partial charge on any atom is 0.216 e. The number of anilines is 2. The standard InChI is InChI=1S/C14H13N9O2/c15-7-9(14-17-21-22-18-14)8-16-10-1-2-11(13-12(10)19-25-20-13)23-3-5-24-6-4-23/h1-2,8,16H,3-6H2,(H,17,18,21,22). The predicted octanol–water partition coefficient (Wildman–Crippen LogP) is 0.549. The molecule has 0 bridgehead atoms. The van der Waals surface area contributed by atoms with Crippen LogP contribution in [0.15, 0.2) is 23.0 Å². The Morgan fingerprint density at radius 2 is 2.12 bits per heavy atom. The van der Waals surface area contributed by atoms with Gasteiger partial charge in [-0.25, -0.2) is 4.63 Å². The molecule has 1 saturated heterocycles. The van der Waals surface area contributed by atoms with Gasteiger partial charge in [0, 0.05) is 19.3 Å². The Labute approximate surface area is 141 Å². The molecule has 3 heterocycles. The number of nitrogens with one attached hydrogen (secondary N) is 2. The molecule has 126 valence electrons. The summed E-state index contributed by atoms with van der Waals surface area (Å²) >= 11 is 0. The lowest BCUT2D eigenvalue weighted by Gasteiger charge is -2.28. The molecule has 11 nitrogen and oxygen atoms in total. The molecule has 3 aromatic rings. The van der Waals surface area contributed by atoms with Gasteiger partial charge in [0.2, 0.25) is 5.82 Å². The lowest BCUT2D eigenvalue weighted by Crippen LogP contribution is -2.36. The number of fused-ring (bicyclic) bond motifs is 1. The third-order valence-electron chi connectivity index (χ3n) is 3.82. The van der Waals surface area contributed by atoms with Crippen molar-refractivity contribution in [1.82, 2.24) is 30.9 Å². The number of H-pyrrole nitrogens is 1. The molecule has 1 fully saturated rings. The number of aromatic nitrogens is 6. The van der Waals surface area contributed by atoms with E-state index in [1.807, 2.05) is 18.2 Å². The van der Waals surface area contributed by atoms with Crippen LogP contribution in [0.25, 0.3) is 16.6 Å². The van der Waals surface area contributed by atoms with Crippen molar-refractivity contribution in [3.05, 3.63) is 24.2 Å². The summed E-state index contributed by atoms with van der Waals surface area (Å²) in [6, 6.07) is 5.81. The SMILES string of the molecule is N#CC(=CNc1ccc(N2CCOCC2)c2nonc12)c1nn[nH]n1. The molecule has 0 radical (unpaired) electrons. The molecule has 11 heteroatoms. The molecule has 0 saturated carbocycles. The van der Waals surface area contributed by atoms with E-state index in [1.54, 1.807) is 0 Å². The van der Waals surface area contributed by atoms with E-state index in [-0.39, 0.29) is 11.4 Å². The molecule has 1 aliphatic rings. The number of aromatic amines is 1. The molecule has 0 unspecified atom stereocenters. The fourth-order valence-electron chi connectivity index (χ4n) is 2.60. The maximum atomic E-state index is 9.22. The monoisotopic (exact) mass is 339 g/mol. The summed E-state index contributed by atoms with van der Waals surface area (Å²) in [5, 5.41) is 33.6. The van der Waals surface area contributed by atoms with Crippen LogP contribution in [0.4, 0.5) is 11.4 Å². The minimum atomic E-state index is 0.203. The number of nitrogens with zero attached hydrogens (tertiary/aromatic N) is 7. The van der Waals surface area contributed by atoms with Crippen molar-refractivity contribution < 1.29 is 9.37 Å². The van der Waals surface area contributed by atoms with E-state index in [9.17, 15) is 5.26 Å². The van der Waals surface area contributed by atoms with Crippen LogP contribution < -0.4 is 10.2 Å². The summed E-state index contributed by atoms with van der Waals surface area (Å²) < 4.78 is 10.3. The van der Waals surface area contributed by atoms with Crippen LogP contribution in [-0.2, 0) is 4.74 Å². The second-order valence-electron chi connectivity index (χ2n) is 5.24. The third-order valence-corrected chi connectivity index (χ3v) is 3.82. The van der Waals surface area contributed by atoms with Crippen LogP contribution in [0.5, 0.6) is 0 Å². The Bertz CT molecular complexity index is 935. The second kappa shape index (κ2) is 6.54. The first kappa shape index (κ1) is 15.0. The van der Waals surface area contributed by atoms with Crippen molar-refractivity contribution in [3.8, 4) is 6.07 Å². The Morgan fingerprint density at radius 1 is 1.28 bits per heavy atom. The van der Waals surface area contributed by atoms with Crippen molar-refractivity contribution in [2.24, 2.45) is 0 Å². The van der Waals surface area contributed by atoms with Gasteiger partial charge in [-0.05, 0) is 27.7 Å². The predicted molar refractivity (Wildman–Crippen MR) is 86.2 cm³/mol. The Morgan fingerprint density at radius 3 is 2.88 bits per heavy atom. The summed E-state index contributed by atoms with van der Waals surface area (Å²) in [5.41, 5.74) is 3.05. The van der Waals surface area contributed by atoms with E-state index in [4.69, 9.17) is 9.37 Å². The normalized spacial score (nSPS) is 15.3. The van der Waals surface area contributed by atoms with E-state index in [0.29, 0.717) is 29.9 Å². The van der Waals surface area contributed by atoms with Crippen LogP contribution >= 0.6 is 0 Å². The fourth-order valence-corrected chi connectivity index (χ4v) is 2.60. The zero-order valence-electron chi connectivity index (χ0n) is 13.0. The van der Waals surface area contributed by atoms with Gasteiger partial charge in [-0.15, -0.1) is 10.2 Å². The number of allylic oxidation sites excluding steroid dienone is 1. The van der Waals surface area contributed by atoms with Crippen molar-refractivity contribution in [2.45, 2.75) is 0 Å². The number of tetrazole rings is 1. The van der Waals surface area contributed by atoms with Crippen molar-refractivity contribution in [3.63, 3.8) is 0 Å². The molecule has 0 spiro atoms. The fraction of sp³-hybridized carbons (Fsp3) is 0.286. The van der Waals surface area contributed by atoms with Gasteiger partial charge in [-0.2, -0.15) is 10.5 Å². The van der Waals surface area contributed by atoms with Crippen molar-refractivity contribution >= 4 is 28.0 Å². The van der Waals surface area contributed by atoms with Gasteiger partial charge in [0.1, 0.15) is 11.6 Å². The van der Waals surface area contributed by atoms with Crippen LogP contribution in [0.3, 0.4) is 0 Å². The van der Waals surface area contributed by atoms with Crippen molar-refractivity contribution in [1.29, 1.82) is 5.26 Å². The smallest absolute Gasteiger partial charge is 0.216 e. The molecule has 1 aromatic carbocycles. The first-order valence-electron chi connectivity index (χ1n) is 7.55. The molecule has 0 atom stereocenters. The van der Waals surface area contributed by atoms with Gasteiger partial charge in [0.15, 0.2) is 11.0 Å². The molecule has 25 heavy (non-hydrogen) atoms. The Kier molecular flexibility index (Phi) is 3.93. The highest BCUT2D eigenvalue weighted by Crippen LogP contribution is 2.30. The van der Waals surface area contributed by atoms with Crippen molar-refractivity contribution in [2.75, 3.05) is 36.5 Å². The average molecular weight is 339 g/mol. The average Bonchev–Trinajstić information content (AvgIpc) is 3.35. The number of hydrogen-bond donors (Lipinski definition) is 2. The molecular weight excluding hydrogens is 326 g/mol. The summed E-state index contributed by atoms with van der Waals surface area (Å²) in [7, 11) is 0. The van der Waals surface area contributed by atoms with E-state index in [0.717, 1.165) is 18.8 Å². The summed E-state index contributed by atoms with van der Waals surface area (Å²) in [6.45, 7) is 2.91. The lowest BCUT2D eigenvalue weighted by atomic mass is 10.2. The third kappa shape index (κ3) is 2.86. The zero-order chi connectivity index (χ0) is 17.1. The lowest BCUT2D eigenvalue weighted by molar-refractivity contribution is 0.123. The molecule has 1 aliphatic heterocycles. The number of morpholine rings is 1. The minimum Gasteiger partial charge on any atom is -0.378 e. The van der Waals surface area contributed by atoms with Gasteiger partial charge < -0.3 is 15.0 Å². The van der Waals surface area contributed by atoms with E-state index < -0.39 is 0 Å². The van der Waals surface area contributed by atoms with Gasteiger partial charge in [-0.3, -0.25) is 0 Å². The van der Waals surface area contributed by atoms with Gasteiger partial charge in [0.25, 0.3) is 0 Å². The minimum absolute atomic E-state index is 0.203. The quantitative estimate of drug-likeness (QED) is 0.647. The van der Waals surface area contributed by atoms with Crippen LogP contribution in [-0.4, -0.2) is 57.2 Å². The highest BCUT2D eigenvalue weighted by molar-refractivity contribution is 5.97. The Balaban J connectivity index is 1.65. The highest BCUT2D eigenvalue weighted by atomic mass is 16.6. The topological polar surface area (TPSA) is 142 Å². The highest BCUT2D eigenvalue weighted by Gasteiger charge is 2.18. The summed E-state index contributed by atoms with van der Waals surface area (Å²) in [6.07, 6.45) is 1.49. The van der Waals surface area contributed by atoms with Crippen LogP contribution in [0, 0.1) is 11.3 Å². The van der Waals surface area contributed by atoms with E-state index in [2.05, 4.69) is 41.2 Å². The molecule has 4 rings (SSSR count). The molecule has 2 aromatic heterocycles. The Hall–Kier alpha value is -3.52. The first-order valence-corrected chi connectivity index (χ1v) is 7.55. The maximum absolute atomic E-state index is 9.22. The zero-order valence-corrected chi connectivity index (χ0v) is 13.0. The van der Waals surface area contributed by atoms with Crippen LogP contribution in [0.1, 0.15) is 5.82 Å².